The van der Waals surface area contributed by atoms with Crippen LogP contribution in [0, 0.1) is 6.92 Å². The van der Waals surface area contributed by atoms with Crippen molar-refractivity contribution >= 4 is 34.9 Å². The molecular weight excluding hydrogens is 470 g/mol. The predicted molar refractivity (Wildman–Crippen MR) is 136 cm³/mol. The van der Waals surface area contributed by atoms with Gasteiger partial charge in [0.1, 0.15) is 35.8 Å². The minimum absolute atomic E-state index is 0.299. The Morgan fingerprint density at radius 2 is 1.97 bits per heavy atom. The van der Waals surface area contributed by atoms with E-state index in [9.17, 15) is 4.55 Å². The SMILES string of the molecule is Cc1cc(OCc2coc(C=Cc3ccc(Cl)cc3)n2)ccc1C[S+]([O-])CCc1ccnn1C. The summed E-state index contributed by atoms with van der Waals surface area (Å²) in [5.41, 5.74) is 4.91. The Bertz CT molecular complexity index is 1250. The van der Waals surface area contributed by atoms with Gasteiger partial charge in [-0.3, -0.25) is 4.68 Å². The van der Waals surface area contributed by atoms with E-state index in [0.717, 1.165) is 34.6 Å². The molecule has 1 atom stereocenters. The molecule has 1 unspecified atom stereocenters. The van der Waals surface area contributed by atoms with Gasteiger partial charge in [-0.1, -0.05) is 29.8 Å². The van der Waals surface area contributed by atoms with Crippen molar-refractivity contribution in [3.05, 3.63) is 100.0 Å². The Morgan fingerprint density at radius 1 is 1.15 bits per heavy atom. The van der Waals surface area contributed by atoms with Crippen LogP contribution in [0.25, 0.3) is 12.2 Å². The molecule has 176 valence electrons. The van der Waals surface area contributed by atoms with Gasteiger partial charge < -0.3 is 13.7 Å². The average Bonchev–Trinajstić information content (AvgIpc) is 3.46. The maximum absolute atomic E-state index is 12.5. The second kappa shape index (κ2) is 11.4. The van der Waals surface area contributed by atoms with Gasteiger partial charge in [-0.05, 0) is 65.6 Å². The molecule has 0 aliphatic rings. The van der Waals surface area contributed by atoms with E-state index >= 15 is 0 Å². The maximum Gasteiger partial charge on any atom is 0.218 e. The highest BCUT2D eigenvalue weighted by Gasteiger charge is 2.12. The van der Waals surface area contributed by atoms with Crippen LogP contribution in [-0.4, -0.2) is 25.1 Å². The molecule has 0 aliphatic heterocycles. The fraction of sp³-hybridized carbons (Fsp3) is 0.231. The van der Waals surface area contributed by atoms with Crippen molar-refractivity contribution in [2.45, 2.75) is 25.7 Å². The number of benzene rings is 2. The fourth-order valence-electron chi connectivity index (χ4n) is 3.39. The normalized spacial score (nSPS) is 12.4. The van der Waals surface area contributed by atoms with Gasteiger partial charge >= 0.3 is 0 Å². The highest BCUT2D eigenvalue weighted by atomic mass is 35.5. The third-order valence-electron chi connectivity index (χ3n) is 5.38. The standard InChI is InChI=1S/C26H26ClN3O3S/c1-19-15-25(9-6-21(19)18-34(31)14-12-24-11-13-28-30(24)2)32-16-23-17-33-26(29-23)10-5-20-3-7-22(27)8-4-20/h3-11,13,15,17H,12,14,16,18H2,1-2H3. The molecule has 0 bridgehead atoms. The second-order valence-electron chi connectivity index (χ2n) is 7.92. The van der Waals surface area contributed by atoms with Crippen LogP contribution in [0.1, 0.15) is 34.0 Å². The monoisotopic (exact) mass is 495 g/mol. The summed E-state index contributed by atoms with van der Waals surface area (Å²) in [6.45, 7) is 2.31. The van der Waals surface area contributed by atoms with E-state index in [1.165, 1.54) is 0 Å². The lowest BCUT2D eigenvalue weighted by Crippen LogP contribution is -2.14. The molecule has 4 rings (SSSR count). The van der Waals surface area contributed by atoms with Crippen LogP contribution in [0.2, 0.25) is 5.02 Å². The summed E-state index contributed by atoms with van der Waals surface area (Å²) < 4.78 is 25.8. The summed E-state index contributed by atoms with van der Waals surface area (Å²) in [5, 5.41) is 4.85. The molecule has 34 heavy (non-hydrogen) atoms. The minimum atomic E-state index is -0.946. The van der Waals surface area contributed by atoms with Gasteiger partial charge in [0, 0.05) is 42.0 Å². The molecule has 2 aromatic carbocycles. The molecule has 0 fully saturated rings. The van der Waals surface area contributed by atoms with Crippen LogP contribution in [0.5, 0.6) is 5.75 Å². The Balaban J connectivity index is 1.27. The van der Waals surface area contributed by atoms with E-state index in [1.807, 2.05) is 73.3 Å². The molecule has 2 aromatic heterocycles. The Labute approximate surface area is 207 Å². The van der Waals surface area contributed by atoms with Crippen molar-refractivity contribution in [2.75, 3.05) is 5.75 Å². The highest BCUT2D eigenvalue weighted by Crippen LogP contribution is 2.21. The first-order valence-electron chi connectivity index (χ1n) is 10.9. The molecule has 4 aromatic rings. The van der Waals surface area contributed by atoms with E-state index in [-0.39, 0.29) is 0 Å². The third kappa shape index (κ3) is 6.76. The number of aryl methyl sites for hydroxylation is 3. The summed E-state index contributed by atoms with van der Waals surface area (Å²) in [7, 11) is 1.90. The van der Waals surface area contributed by atoms with Crippen molar-refractivity contribution in [2.24, 2.45) is 7.05 Å². The van der Waals surface area contributed by atoms with E-state index in [0.29, 0.717) is 34.7 Å². The van der Waals surface area contributed by atoms with Gasteiger partial charge in [0.2, 0.25) is 5.89 Å². The predicted octanol–water partition coefficient (Wildman–Crippen LogP) is 5.61. The van der Waals surface area contributed by atoms with Gasteiger partial charge in [0.05, 0.1) is 0 Å². The number of hydrogen-bond donors (Lipinski definition) is 0. The number of halogens is 1. The molecule has 2 heterocycles. The Hall–Kier alpha value is -3.00. The maximum atomic E-state index is 12.5. The average molecular weight is 496 g/mol. The van der Waals surface area contributed by atoms with E-state index in [2.05, 4.69) is 10.1 Å². The lowest BCUT2D eigenvalue weighted by atomic mass is 10.1. The largest absolute Gasteiger partial charge is 0.616 e. The first-order chi connectivity index (χ1) is 16.5. The summed E-state index contributed by atoms with van der Waals surface area (Å²) >= 11 is 4.96. The minimum Gasteiger partial charge on any atom is -0.616 e. The van der Waals surface area contributed by atoms with Crippen LogP contribution < -0.4 is 4.74 Å². The number of nitrogens with zero attached hydrogens (tertiary/aromatic N) is 3. The van der Waals surface area contributed by atoms with Gasteiger partial charge in [-0.15, -0.1) is 0 Å². The summed E-state index contributed by atoms with van der Waals surface area (Å²) in [4.78, 5) is 4.43. The quantitative estimate of drug-likeness (QED) is 0.267. The molecule has 0 aliphatic carbocycles. The number of hydrogen-bond acceptors (Lipinski definition) is 5. The molecule has 8 heteroatoms. The van der Waals surface area contributed by atoms with Gasteiger partial charge in [-0.2, -0.15) is 5.10 Å². The summed E-state index contributed by atoms with van der Waals surface area (Å²) in [6, 6.07) is 15.3. The van der Waals surface area contributed by atoms with Gasteiger partial charge in [0.15, 0.2) is 0 Å². The van der Waals surface area contributed by atoms with Crippen molar-refractivity contribution in [1.29, 1.82) is 0 Å². The number of rotatable bonds is 10. The lowest BCUT2D eigenvalue weighted by molar-refractivity contribution is 0.300. The van der Waals surface area contributed by atoms with E-state index in [4.69, 9.17) is 20.8 Å². The zero-order valence-corrected chi connectivity index (χ0v) is 20.7. The topological polar surface area (TPSA) is 76.1 Å². The van der Waals surface area contributed by atoms with Crippen LogP contribution in [0.3, 0.4) is 0 Å². The number of oxazole rings is 1. The summed E-state index contributed by atoms with van der Waals surface area (Å²) in [5.74, 6) is 2.38. The number of ether oxygens (including phenoxy) is 1. The van der Waals surface area contributed by atoms with Crippen molar-refractivity contribution in [3.8, 4) is 5.75 Å². The van der Waals surface area contributed by atoms with Crippen LogP contribution in [0.4, 0.5) is 0 Å². The van der Waals surface area contributed by atoms with Crippen molar-refractivity contribution in [1.82, 2.24) is 14.8 Å². The molecule has 0 saturated heterocycles. The molecule has 0 amide bonds. The van der Waals surface area contributed by atoms with Crippen molar-refractivity contribution in [3.63, 3.8) is 0 Å². The van der Waals surface area contributed by atoms with Crippen LogP contribution >= 0.6 is 11.6 Å². The Kier molecular flexibility index (Phi) is 8.11. The molecular formula is C26H26ClN3O3S. The smallest absolute Gasteiger partial charge is 0.218 e. The van der Waals surface area contributed by atoms with Crippen molar-refractivity contribution < 1.29 is 13.7 Å². The van der Waals surface area contributed by atoms with Crippen LogP contribution in [-0.2, 0) is 37.0 Å². The first kappa shape index (κ1) is 24.1. The molecule has 6 nitrogen and oxygen atoms in total. The number of aromatic nitrogens is 3. The molecule has 0 radical (unpaired) electrons. The van der Waals surface area contributed by atoms with E-state index < -0.39 is 11.2 Å². The fourth-order valence-corrected chi connectivity index (χ4v) is 4.77. The van der Waals surface area contributed by atoms with Gasteiger partial charge in [0.25, 0.3) is 0 Å². The zero-order valence-electron chi connectivity index (χ0n) is 19.1. The summed E-state index contributed by atoms with van der Waals surface area (Å²) in [6.07, 6.45) is 7.82. The lowest BCUT2D eigenvalue weighted by Gasteiger charge is -2.14. The molecule has 0 N–H and O–H groups in total. The zero-order chi connectivity index (χ0) is 23.9. The highest BCUT2D eigenvalue weighted by molar-refractivity contribution is 7.90. The van der Waals surface area contributed by atoms with Crippen LogP contribution in [0.15, 0.2) is 65.4 Å². The Morgan fingerprint density at radius 3 is 2.71 bits per heavy atom. The second-order valence-corrected chi connectivity index (χ2v) is 9.94. The first-order valence-corrected chi connectivity index (χ1v) is 12.7. The van der Waals surface area contributed by atoms with Gasteiger partial charge in [-0.25, -0.2) is 4.98 Å². The third-order valence-corrected chi connectivity index (χ3v) is 6.93. The molecule has 0 spiro atoms. The van der Waals surface area contributed by atoms with E-state index in [1.54, 1.807) is 18.5 Å². The molecule has 0 saturated carbocycles.